The Bertz CT molecular complexity index is 1640. The first-order valence-corrected chi connectivity index (χ1v) is 40.4. The minimum Gasteiger partial charge on any atom is -0.121 e. The van der Waals surface area contributed by atoms with Crippen molar-refractivity contribution in [3.05, 3.63) is 146 Å². The summed E-state index contributed by atoms with van der Waals surface area (Å²) in [4.78, 5) is 0. The molecule has 0 heterocycles. The number of hydrogen-bond donors (Lipinski definition) is 0. The molecule has 83 heavy (non-hydrogen) atoms. The van der Waals surface area contributed by atoms with Gasteiger partial charge in [0.25, 0.3) is 0 Å². The van der Waals surface area contributed by atoms with Crippen LogP contribution in [-0.2, 0) is 102 Å². The van der Waals surface area contributed by atoms with Crippen LogP contribution < -0.4 is 0 Å². The SMILES string of the molecule is C.C.C1=CCCC1.C1=CCCC1.C1=CCCC1.C1=C[C@H](C[C@H]2C=CCC2)CC1.CPC1CC=CC1.CPC1CC=CC1.CPC1CC=CC1.CPC1CC=C[C@@H]1C[C@@H]1C=CCC1PC.CPC1CC=C[C@@H]1C[C@H]1C=CCC1.[Fe].[Fe].[Fe].[Fe].[Fe].[Fe]. The van der Waals surface area contributed by atoms with Crippen molar-refractivity contribution in [3.63, 3.8) is 0 Å². The Balaban J connectivity index is -0.000000278. The Morgan fingerprint density at radius 3 is 0.699 bits per heavy atom. The molecule has 0 aromatic carbocycles. The van der Waals surface area contributed by atoms with E-state index in [2.05, 4.69) is 186 Å². The molecule has 0 aliphatic heterocycles. The van der Waals surface area contributed by atoms with Gasteiger partial charge >= 0.3 is 0 Å². The van der Waals surface area contributed by atoms with Gasteiger partial charge in [0, 0.05) is 102 Å². The number of hydrogen-bond acceptors (Lipinski definition) is 0. The summed E-state index contributed by atoms with van der Waals surface area (Å²) in [5.41, 5.74) is 5.97. The Labute approximate surface area is 591 Å². The summed E-state index contributed by atoms with van der Waals surface area (Å²) in [6, 6.07) is 0. The van der Waals surface area contributed by atoms with Gasteiger partial charge in [0.15, 0.2) is 0 Å². The maximum absolute atomic E-state index is 2.49. The van der Waals surface area contributed by atoms with Crippen LogP contribution in [0.25, 0.3) is 0 Å². The molecule has 0 bridgehead atoms. The normalized spacial score (nSPS) is 27.6. The monoisotopic (exact) mass is 1500 g/mol. The third-order valence-corrected chi connectivity index (χ3v) is 25.1. The maximum atomic E-state index is 2.49. The fourth-order valence-corrected chi connectivity index (χ4v) is 17.3. The molecule has 0 radical (unpaired) electrons. The molecular weight excluding hydrogens is 1370 g/mol. The van der Waals surface area contributed by atoms with Crippen LogP contribution in [-0.4, -0.2) is 73.9 Å². The smallest absolute Gasteiger partial charge is 0 e. The second-order valence-electron chi connectivity index (χ2n) is 22.7. The summed E-state index contributed by atoms with van der Waals surface area (Å²) in [7, 11) is 6.82. The molecule has 0 saturated carbocycles. The van der Waals surface area contributed by atoms with Gasteiger partial charge in [-0.15, -0.1) is 51.5 Å². The fourth-order valence-electron chi connectivity index (χ4n) is 11.9. The average molecular weight is 1500 g/mol. The molecule has 12 aliphatic carbocycles. The molecule has 0 nitrogen and oxygen atoms in total. The van der Waals surface area contributed by atoms with Gasteiger partial charge in [-0.05, 0) is 283 Å². The Morgan fingerprint density at radius 1 is 0.253 bits per heavy atom. The van der Waals surface area contributed by atoms with Crippen molar-refractivity contribution >= 4 is 51.5 Å². The van der Waals surface area contributed by atoms with E-state index in [1.54, 1.807) is 0 Å². The molecular formula is C71H122Fe6P6. The topological polar surface area (TPSA) is 0 Å². The van der Waals surface area contributed by atoms with E-state index in [9.17, 15) is 0 Å². The van der Waals surface area contributed by atoms with Gasteiger partial charge in [-0.25, -0.2) is 0 Å². The van der Waals surface area contributed by atoms with E-state index in [0.717, 1.165) is 121 Å². The van der Waals surface area contributed by atoms with Crippen molar-refractivity contribution in [3.8, 4) is 0 Å². The van der Waals surface area contributed by atoms with E-state index in [1.165, 1.54) is 173 Å². The standard InChI is InChI=1S/C13H22P2.C12H19P.C11H16.3C6H11P.3C5H8.2CH4.6Fe/c1-14-12-7-3-5-10(12)9-11-6-4-8-13(11)15-2;1-13-12-8-4-7-11(12)9-10-5-2-3-6-10;1-2-6-10(5-1)9-11-7-3-4-8-11;3*1-7-6-4-2-3-5-6;3*1-2-4-5-3-1;;;;;;;;/h3-6,10-15H,7-9H2,1-2H3;2,4-5,7,10-13H,3,6,8-9H2,1H3;1,3,5,7,10-11H,2,4,6,8-9H2;3*2-3,6-7H,4-5H2,1H3;3*1-2H,3-5H2;2*1H4;;;;;;/t10-,11+,12?,13?;10-,11+,12?;10-,11-;;;;;;;;;;;;;;/m.00............../s1. The van der Waals surface area contributed by atoms with Crippen LogP contribution in [0.2, 0.25) is 0 Å². The summed E-state index contributed by atoms with van der Waals surface area (Å²) >= 11 is 0. The van der Waals surface area contributed by atoms with Crippen molar-refractivity contribution in [2.24, 2.45) is 35.5 Å². The van der Waals surface area contributed by atoms with Crippen molar-refractivity contribution in [1.82, 2.24) is 0 Å². The minimum absolute atomic E-state index is 0. The summed E-state index contributed by atoms with van der Waals surface area (Å²) in [6.45, 7) is 14.0. The fraction of sp³-hybridized carbons (Fsp3) is 0.662. The third-order valence-electron chi connectivity index (χ3n) is 17.0. The summed E-state index contributed by atoms with van der Waals surface area (Å²) < 4.78 is 0. The second-order valence-corrected chi connectivity index (χ2v) is 30.8. The molecule has 12 heteroatoms. The van der Waals surface area contributed by atoms with Crippen LogP contribution >= 0.6 is 51.5 Å². The van der Waals surface area contributed by atoms with Gasteiger partial charge in [0.05, 0.1) is 0 Å². The molecule has 12 rings (SSSR count). The molecule has 0 N–H and O–H groups in total. The predicted octanol–water partition coefficient (Wildman–Crippen LogP) is 23.3. The van der Waals surface area contributed by atoms with Crippen LogP contribution in [0.3, 0.4) is 0 Å². The van der Waals surface area contributed by atoms with Gasteiger partial charge in [0.1, 0.15) is 0 Å². The van der Waals surface area contributed by atoms with E-state index in [1.807, 2.05) is 0 Å². The zero-order valence-corrected chi connectivity index (χ0v) is 63.6. The maximum Gasteiger partial charge on any atom is 0 e. The molecule has 9 unspecified atom stereocenters. The quantitative estimate of drug-likeness (QED) is 0.104. The molecule has 0 amide bonds. The number of allylic oxidation sites excluding steroid dienone is 24. The molecule has 12 aliphatic rings. The minimum atomic E-state index is 0. The van der Waals surface area contributed by atoms with Crippen molar-refractivity contribution in [2.75, 3.05) is 40.0 Å². The zero-order chi connectivity index (χ0) is 53.2. The van der Waals surface area contributed by atoms with Crippen molar-refractivity contribution in [2.45, 2.75) is 222 Å². The van der Waals surface area contributed by atoms with E-state index in [0.29, 0.717) is 0 Å². The molecule has 0 saturated heterocycles. The van der Waals surface area contributed by atoms with Crippen LogP contribution in [0.4, 0.5) is 0 Å². The predicted molar refractivity (Wildman–Crippen MR) is 377 cm³/mol. The van der Waals surface area contributed by atoms with Crippen LogP contribution in [0.1, 0.15) is 188 Å². The van der Waals surface area contributed by atoms with Crippen molar-refractivity contribution in [1.29, 1.82) is 0 Å². The summed E-state index contributed by atoms with van der Waals surface area (Å²) in [6.07, 6.45) is 92.7. The van der Waals surface area contributed by atoms with Gasteiger partial charge in [-0.3, -0.25) is 0 Å². The largest absolute Gasteiger partial charge is 0.121 e. The Morgan fingerprint density at radius 2 is 0.506 bits per heavy atom. The van der Waals surface area contributed by atoms with Crippen LogP contribution in [0.15, 0.2) is 146 Å². The Hall–Kier alpha value is 2.58. The van der Waals surface area contributed by atoms with Gasteiger partial charge in [-0.2, -0.15) is 0 Å². The van der Waals surface area contributed by atoms with Crippen LogP contribution in [0, 0.1) is 35.5 Å². The molecule has 0 spiro atoms. The molecule has 15 atom stereocenters. The molecule has 0 aromatic rings. The average Bonchev–Trinajstić information content (AvgIpc) is 4.29. The van der Waals surface area contributed by atoms with Crippen LogP contribution in [0.5, 0.6) is 0 Å². The number of rotatable bonds is 12. The first-order chi connectivity index (χ1) is 37.0. The first-order valence-electron chi connectivity index (χ1n) is 30.9. The third kappa shape index (κ3) is 44.7. The summed E-state index contributed by atoms with van der Waals surface area (Å²) in [5, 5.41) is 0. The van der Waals surface area contributed by atoms with E-state index < -0.39 is 0 Å². The van der Waals surface area contributed by atoms with E-state index >= 15 is 0 Å². The van der Waals surface area contributed by atoms with E-state index in [4.69, 9.17) is 0 Å². The zero-order valence-electron chi connectivity index (χ0n) is 51.0. The Kier molecular flexibility index (Phi) is 73.5. The summed E-state index contributed by atoms with van der Waals surface area (Å²) in [5.74, 6) is 5.38. The van der Waals surface area contributed by atoms with E-state index in [-0.39, 0.29) is 117 Å². The molecule has 0 aromatic heterocycles. The second kappa shape index (κ2) is 64.7. The first kappa shape index (κ1) is 94.3. The molecule has 0 fully saturated rings. The van der Waals surface area contributed by atoms with Gasteiger partial charge in [0.2, 0.25) is 0 Å². The van der Waals surface area contributed by atoms with Crippen molar-refractivity contribution < 1.29 is 102 Å². The van der Waals surface area contributed by atoms with Gasteiger partial charge < -0.3 is 0 Å². The van der Waals surface area contributed by atoms with Gasteiger partial charge in [-0.1, -0.05) is 161 Å². The molecule has 484 valence electrons.